The molecule has 1 aliphatic heterocycles. The first kappa shape index (κ1) is 20.2. The number of fused-ring (bicyclic) bond motifs is 1. The molecule has 0 bridgehead atoms. The van der Waals surface area contributed by atoms with Crippen molar-refractivity contribution in [3.05, 3.63) is 112 Å². The van der Waals surface area contributed by atoms with Crippen LogP contribution < -0.4 is 16.2 Å². The molecule has 4 aromatic rings. The van der Waals surface area contributed by atoms with E-state index in [1.54, 1.807) is 36.5 Å². The number of carbonyl (C=O) groups is 2. The zero-order valence-corrected chi connectivity index (χ0v) is 17.1. The molecular formula is C25H17FN4O3. The lowest BCUT2D eigenvalue weighted by Gasteiger charge is -2.10. The van der Waals surface area contributed by atoms with Gasteiger partial charge in [0.05, 0.1) is 16.9 Å². The molecule has 0 radical (unpaired) electrons. The minimum Gasteiger partial charge on any atom is -0.362 e. The Morgan fingerprint density at radius 2 is 1.85 bits per heavy atom. The van der Waals surface area contributed by atoms with Crippen LogP contribution in [-0.2, 0) is 4.79 Å². The molecule has 2 aromatic carbocycles. The van der Waals surface area contributed by atoms with Crippen LogP contribution in [0, 0.1) is 5.82 Å². The summed E-state index contributed by atoms with van der Waals surface area (Å²) < 4.78 is 15.2. The van der Waals surface area contributed by atoms with Crippen molar-refractivity contribution in [3.8, 4) is 5.69 Å². The second-order valence-electron chi connectivity index (χ2n) is 7.40. The Kier molecular flexibility index (Phi) is 4.95. The number of hydrogen-bond acceptors (Lipinski definition) is 3. The number of rotatable bonds is 4. The molecule has 0 spiro atoms. The Balaban J connectivity index is 1.43. The molecule has 5 rings (SSSR count). The van der Waals surface area contributed by atoms with E-state index in [2.05, 4.69) is 15.6 Å². The lowest BCUT2D eigenvalue weighted by atomic mass is 10.1. The van der Waals surface area contributed by atoms with Crippen LogP contribution in [0.3, 0.4) is 0 Å². The fourth-order valence-electron chi connectivity index (χ4n) is 3.71. The maximum absolute atomic E-state index is 14.1. The summed E-state index contributed by atoms with van der Waals surface area (Å²) >= 11 is 0. The summed E-state index contributed by atoms with van der Waals surface area (Å²) in [5.74, 6) is -1.47. The first-order valence-electron chi connectivity index (χ1n) is 10.1. The molecule has 0 unspecified atom stereocenters. The minimum atomic E-state index is -0.647. The lowest BCUT2D eigenvalue weighted by Crippen LogP contribution is -2.28. The van der Waals surface area contributed by atoms with Gasteiger partial charge in [0.15, 0.2) is 0 Å². The predicted octanol–water partition coefficient (Wildman–Crippen LogP) is 4.05. The summed E-state index contributed by atoms with van der Waals surface area (Å²) in [6.45, 7) is 0. The third-order valence-electron chi connectivity index (χ3n) is 5.29. The molecule has 0 saturated heterocycles. The van der Waals surface area contributed by atoms with E-state index < -0.39 is 17.3 Å². The quantitative estimate of drug-likeness (QED) is 0.418. The highest BCUT2D eigenvalue weighted by atomic mass is 19.1. The van der Waals surface area contributed by atoms with E-state index in [1.807, 2.05) is 12.1 Å². The summed E-state index contributed by atoms with van der Waals surface area (Å²) in [6, 6.07) is 17.4. The Labute approximate surface area is 187 Å². The van der Waals surface area contributed by atoms with Crippen molar-refractivity contribution in [1.29, 1.82) is 0 Å². The van der Waals surface area contributed by atoms with Gasteiger partial charge in [-0.15, -0.1) is 0 Å². The highest BCUT2D eigenvalue weighted by Gasteiger charge is 2.25. The number of amides is 2. The number of aromatic nitrogens is 2. The number of anilines is 2. The number of pyridine rings is 1. The van der Waals surface area contributed by atoms with Crippen LogP contribution in [0.5, 0.6) is 0 Å². The SMILES string of the molecule is O=C1Nc2cc(NC(=O)c3cccn(-c4ccccc4F)c3=O)ccc2/C1=C/c1ccc[nH]1. The topological polar surface area (TPSA) is 96.0 Å². The Hall–Kier alpha value is -4.72. The highest BCUT2D eigenvalue weighted by molar-refractivity contribution is 6.35. The molecule has 2 aromatic heterocycles. The normalized spacial score (nSPS) is 13.6. The molecule has 7 nitrogen and oxygen atoms in total. The third-order valence-corrected chi connectivity index (χ3v) is 5.29. The largest absolute Gasteiger partial charge is 0.362 e. The Morgan fingerprint density at radius 1 is 1.00 bits per heavy atom. The zero-order valence-electron chi connectivity index (χ0n) is 17.1. The Morgan fingerprint density at radius 3 is 2.64 bits per heavy atom. The fraction of sp³-hybridized carbons (Fsp3) is 0. The third kappa shape index (κ3) is 3.74. The van der Waals surface area contributed by atoms with Gasteiger partial charge in [0.2, 0.25) is 0 Å². The minimum absolute atomic E-state index is 0.0544. The maximum atomic E-state index is 14.1. The van der Waals surface area contributed by atoms with Crippen LogP contribution in [0.2, 0.25) is 0 Å². The molecule has 0 atom stereocenters. The monoisotopic (exact) mass is 440 g/mol. The maximum Gasteiger partial charge on any atom is 0.268 e. The van der Waals surface area contributed by atoms with Crippen LogP contribution in [0.15, 0.2) is 83.9 Å². The van der Waals surface area contributed by atoms with Crippen molar-refractivity contribution in [2.24, 2.45) is 0 Å². The van der Waals surface area contributed by atoms with Crippen LogP contribution in [-0.4, -0.2) is 21.4 Å². The number of halogens is 1. The molecule has 0 saturated carbocycles. The molecule has 162 valence electrons. The van der Waals surface area contributed by atoms with Gasteiger partial charge in [0.1, 0.15) is 11.4 Å². The lowest BCUT2D eigenvalue weighted by molar-refractivity contribution is -0.110. The summed E-state index contributed by atoms with van der Waals surface area (Å²) in [5, 5.41) is 5.46. The number of aromatic amines is 1. The van der Waals surface area contributed by atoms with Crippen molar-refractivity contribution in [2.75, 3.05) is 10.6 Å². The molecule has 1 aliphatic rings. The van der Waals surface area contributed by atoms with Gasteiger partial charge in [-0.3, -0.25) is 19.0 Å². The molecular weight excluding hydrogens is 423 g/mol. The first-order valence-corrected chi connectivity index (χ1v) is 10.1. The number of benzene rings is 2. The van der Waals surface area contributed by atoms with E-state index in [-0.39, 0.29) is 17.2 Å². The summed E-state index contributed by atoms with van der Waals surface area (Å²) in [7, 11) is 0. The van der Waals surface area contributed by atoms with E-state index in [9.17, 15) is 18.8 Å². The average molecular weight is 440 g/mol. The van der Waals surface area contributed by atoms with Gasteiger partial charge in [-0.25, -0.2) is 4.39 Å². The fourth-order valence-corrected chi connectivity index (χ4v) is 3.71. The molecule has 3 heterocycles. The standard InChI is InChI=1S/C25H17FN4O3/c26-20-7-1-2-8-22(20)30-12-4-6-18(25(30)33)23(31)28-16-9-10-17-19(13-15-5-3-11-27-15)24(32)29-21(17)14-16/h1-14,27H,(H,28,31)(H,29,32)/b19-13-. The molecule has 2 amide bonds. The smallest absolute Gasteiger partial charge is 0.268 e. The number of nitrogens with one attached hydrogen (secondary N) is 3. The van der Waals surface area contributed by atoms with Crippen LogP contribution in [0.4, 0.5) is 15.8 Å². The van der Waals surface area contributed by atoms with Gasteiger partial charge in [0.25, 0.3) is 17.4 Å². The van der Waals surface area contributed by atoms with Crippen molar-refractivity contribution < 1.29 is 14.0 Å². The summed E-state index contributed by atoms with van der Waals surface area (Å²) in [6.07, 6.45) is 4.91. The number of H-pyrrole nitrogens is 1. The summed E-state index contributed by atoms with van der Waals surface area (Å²) in [5.41, 5.74) is 2.21. The van der Waals surface area contributed by atoms with E-state index in [4.69, 9.17) is 0 Å². The van der Waals surface area contributed by atoms with Gasteiger partial charge in [0, 0.05) is 29.3 Å². The van der Waals surface area contributed by atoms with Gasteiger partial charge in [-0.1, -0.05) is 18.2 Å². The van der Waals surface area contributed by atoms with Crippen molar-refractivity contribution in [2.45, 2.75) is 0 Å². The van der Waals surface area contributed by atoms with E-state index in [0.717, 1.165) is 10.3 Å². The number of hydrogen-bond donors (Lipinski definition) is 3. The van der Waals surface area contributed by atoms with Crippen molar-refractivity contribution in [3.63, 3.8) is 0 Å². The van der Waals surface area contributed by atoms with Gasteiger partial charge >= 0.3 is 0 Å². The molecule has 0 fully saturated rings. The summed E-state index contributed by atoms with van der Waals surface area (Å²) in [4.78, 5) is 41.1. The number of para-hydroxylation sites is 1. The predicted molar refractivity (Wildman–Crippen MR) is 124 cm³/mol. The molecule has 33 heavy (non-hydrogen) atoms. The van der Waals surface area contributed by atoms with Gasteiger partial charge < -0.3 is 15.6 Å². The Bertz CT molecular complexity index is 1490. The van der Waals surface area contributed by atoms with Crippen molar-refractivity contribution >= 4 is 34.8 Å². The van der Waals surface area contributed by atoms with Crippen LogP contribution >= 0.6 is 0 Å². The van der Waals surface area contributed by atoms with Crippen LogP contribution in [0.1, 0.15) is 21.6 Å². The molecule has 0 aliphatic carbocycles. The van der Waals surface area contributed by atoms with E-state index in [1.165, 1.54) is 36.5 Å². The zero-order chi connectivity index (χ0) is 22.9. The van der Waals surface area contributed by atoms with Crippen molar-refractivity contribution in [1.82, 2.24) is 9.55 Å². The number of nitrogens with zero attached hydrogens (tertiary/aromatic N) is 1. The van der Waals surface area contributed by atoms with Gasteiger partial charge in [-0.05, 0) is 54.6 Å². The van der Waals surface area contributed by atoms with Gasteiger partial charge in [-0.2, -0.15) is 0 Å². The second-order valence-corrected chi connectivity index (χ2v) is 7.40. The van der Waals surface area contributed by atoms with E-state index in [0.29, 0.717) is 22.5 Å². The molecule has 3 N–H and O–H groups in total. The second kappa shape index (κ2) is 8.08. The highest BCUT2D eigenvalue weighted by Crippen LogP contribution is 2.35. The number of carbonyl (C=O) groups excluding carboxylic acids is 2. The van der Waals surface area contributed by atoms with E-state index >= 15 is 0 Å². The van der Waals surface area contributed by atoms with Crippen LogP contribution in [0.25, 0.3) is 17.3 Å². The first-order chi connectivity index (χ1) is 16.0. The average Bonchev–Trinajstić information content (AvgIpc) is 3.42. The molecule has 8 heteroatoms.